The lowest BCUT2D eigenvalue weighted by Crippen LogP contribution is -2.14. The van der Waals surface area contributed by atoms with Crippen LogP contribution in [0.15, 0.2) is 12.1 Å². The third kappa shape index (κ3) is 2.01. The Hall–Kier alpha value is -0.870. The van der Waals surface area contributed by atoms with Crippen LogP contribution in [0.3, 0.4) is 0 Å². The van der Waals surface area contributed by atoms with Gasteiger partial charge in [-0.15, -0.1) is 0 Å². The smallest absolute Gasteiger partial charge is 0.178 e. The average molecular weight is 299 g/mol. The molecule has 0 aliphatic heterocycles. The van der Waals surface area contributed by atoms with Gasteiger partial charge in [0.25, 0.3) is 0 Å². The van der Waals surface area contributed by atoms with E-state index in [4.69, 9.17) is 23.8 Å². The van der Waals surface area contributed by atoms with Crippen LogP contribution in [-0.4, -0.2) is 9.55 Å². The number of fused-ring (bicyclic) bond motifs is 1. The highest BCUT2D eigenvalue weighted by molar-refractivity contribution is 7.71. The Morgan fingerprint density at radius 2 is 2.11 bits per heavy atom. The van der Waals surface area contributed by atoms with Crippen LogP contribution < -0.4 is 0 Å². The van der Waals surface area contributed by atoms with Gasteiger partial charge in [-0.2, -0.15) is 0 Å². The van der Waals surface area contributed by atoms with E-state index >= 15 is 0 Å². The third-order valence-electron chi connectivity index (χ3n) is 4.51. The quantitative estimate of drug-likeness (QED) is 0.727. The topological polar surface area (TPSA) is 20.7 Å². The van der Waals surface area contributed by atoms with Gasteiger partial charge in [-0.25, -0.2) is 4.39 Å². The van der Waals surface area contributed by atoms with Gasteiger partial charge in [0.05, 0.1) is 16.1 Å². The second-order valence-electron chi connectivity index (χ2n) is 5.56. The molecule has 19 heavy (non-hydrogen) atoms. The zero-order valence-electron chi connectivity index (χ0n) is 10.9. The van der Waals surface area contributed by atoms with Crippen LogP contribution in [0.25, 0.3) is 11.0 Å². The summed E-state index contributed by atoms with van der Waals surface area (Å²) in [6, 6.07) is 3.44. The summed E-state index contributed by atoms with van der Waals surface area (Å²) in [5.74, 6) is 0.828. The second kappa shape index (κ2) is 4.60. The first kappa shape index (κ1) is 13.1. The number of hydrogen-bond donors (Lipinski definition) is 1. The molecule has 0 spiro atoms. The summed E-state index contributed by atoms with van der Waals surface area (Å²) in [4.78, 5) is 3.13. The van der Waals surface area contributed by atoms with E-state index in [-0.39, 0.29) is 5.02 Å². The molecular formula is C14H16ClFN2S. The first-order chi connectivity index (χ1) is 8.99. The molecule has 0 saturated heterocycles. The zero-order chi connectivity index (χ0) is 13.7. The van der Waals surface area contributed by atoms with Crippen molar-refractivity contribution in [1.82, 2.24) is 9.55 Å². The molecule has 0 bridgehead atoms. The number of nitrogens with zero attached hydrogens (tertiary/aromatic N) is 1. The molecule has 3 rings (SSSR count). The number of rotatable bonds is 1. The average Bonchev–Trinajstić information content (AvgIpc) is 2.82. The van der Waals surface area contributed by atoms with Gasteiger partial charge in [0, 0.05) is 12.1 Å². The van der Waals surface area contributed by atoms with E-state index in [9.17, 15) is 4.39 Å². The summed E-state index contributed by atoms with van der Waals surface area (Å²) < 4.78 is 16.4. The van der Waals surface area contributed by atoms with E-state index in [2.05, 4.69) is 23.4 Å². The first-order valence-electron chi connectivity index (χ1n) is 6.58. The van der Waals surface area contributed by atoms with Crippen LogP contribution in [0, 0.1) is 22.4 Å². The van der Waals surface area contributed by atoms with Crippen molar-refractivity contribution in [3.8, 4) is 0 Å². The van der Waals surface area contributed by atoms with Crippen molar-refractivity contribution in [2.75, 3.05) is 0 Å². The van der Waals surface area contributed by atoms with Crippen LogP contribution in [-0.2, 0) is 0 Å². The number of aromatic nitrogens is 2. The van der Waals surface area contributed by atoms with Crippen molar-refractivity contribution >= 4 is 34.9 Å². The molecule has 0 radical (unpaired) electrons. The highest BCUT2D eigenvalue weighted by Gasteiger charge is 2.32. The fraction of sp³-hybridized carbons (Fsp3) is 0.500. The largest absolute Gasteiger partial charge is 0.331 e. The van der Waals surface area contributed by atoms with Crippen LogP contribution in [0.5, 0.6) is 0 Å². The minimum absolute atomic E-state index is 0.128. The SMILES string of the molecule is CC1CCC(n2c(=S)[nH]c3cc(Cl)c(F)cc32)C1C. The Morgan fingerprint density at radius 1 is 1.37 bits per heavy atom. The molecule has 3 unspecified atom stereocenters. The molecule has 2 nitrogen and oxygen atoms in total. The molecule has 5 heteroatoms. The van der Waals surface area contributed by atoms with Gasteiger partial charge < -0.3 is 9.55 Å². The number of aromatic amines is 1. The minimum atomic E-state index is -0.393. The Balaban J connectivity index is 2.21. The standard InChI is InChI=1S/C14H16ClFN2S/c1-7-3-4-12(8(7)2)18-13-6-10(16)9(15)5-11(13)17-14(18)19/h5-8,12H,3-4H2,1-2H3,(H,17,19). The van der Waals surface area contributed by atoms with Crippen molar-refractivity contribution in [3.05, 3.63) is 27.7 Å². The molecule has 1 fully saturated rings. The monoisotopic (exact) mass is 298 g/mol. The number of H-pyrrole nitrogens is 1. The Kier molecular flexibility index (Phi) is 3.18. The minimum Gasteiger partial charge on any atom is -0.331 e. The Bertz CT molecular complexity index is 691. The molecular weight excluding hydrogens is 283 g/mol. The van der Waals surface area contributed by atoms with E-state index < -0.39 is 5.82 Å². The van der Waals surface area contributed by atoms with Gasteiger partial charge in [0.1, 0.15) is 5.82 Å². The maximum atomic E-state index is 13.7. The van der Waals surface area contributed by atoms with E-state index in [1.165, 1.54) is 12.5 Å². The van der Waals surface area contributed by atoms with Crippen LogP contribution in [0.4, 0.5) is 4.39 Å². The number of halogens is 2. The fourth-order valence-electron chi connectivity index (χ4n) is 3.15. The zero-order valence-corrected chi connectivity index (χ0v) is 12.5. The molecule has 2 aromatic rings. The maximum Gasteiger partial charge on any atom is 0.178 e. The molecule has 0 amide bonds. The molecule has 1 aromatic heterocycles. The fourth-order valence-corrected chi connectivity index (χ4v) is 3.66. The summed E-state index contributed by atoms with van der Waals surface area (Å²) in [5.41, 5.74) is 1.63. The third-order valence-corrected chi connectivity index (χ3v) is 5.10. The second-order valence-corrected chi connectivity index (χ2v) is 6.36. The summed E-state index contributed by atoms with van der Waals surface area (Å²) >= 11 is 11.2. The van der Waals surface area contributed by atoms with E-state index in [1.54, 1.807) is 6.07 Å². The molecule has 1 aliphatic carbocycles. The van der Waals surface area contributed by atoms with Gasteiger partial charge in [-0.1, -0.05) is 25.4 Å². The highest BCUT2D eigenvalue weighted by Crippen LogP contribution is 2.41. The summed E-state index contributed by atoms with van der Waals surface area (Å²) in [6.45, 7) is 4.51. The Labute approximate surface area is 121 Å². The number of nitrogens with one attached hydrogen (secondary N) is 1. The van der Waals surface area contributed by atoms with Gasteiger partial charge in [0.15, 0.2) is 4.77 Å². The summed E-state index contributed by atoms with van der Waals surface area (Å²) in [7, 11) is 0. The lowest BCUT2D eigenvalue weighted by molar-refractivity contribution is 0.356. The van der Waals surface area contributed by atoms with Gasteiger partial charge >= 0.3 is 0 Å². The molecule has 1 aliphatic rings. The molecule has 102 valence electrons. The van der Waals surface area contributed by atoms with Crippen molar-refractivity contribution < 1.29 is 4.39 Å². The van der Waals surface area contributed by atoms with Gasteiger partial charge in [-0.3, -0.25) is 0 Å². The molecule has 1 heterocycles. The number of benzene rings is 1. The predicted molar refractivity (Wildman–Crippen MR) is 78.7 cm³/mol. The van der Waals surface area contributed by atoms with Crippen molar-refractivity contribution in [3.63, 3.8) is 0 Å². The van der Waals surface area contributed by atoms with Crippen LogP contribution in [0.1, 0.15) is 32.7 Å². The van der Waals surface area contributed by atoms with Crippen LogP contribution in [0.2, 0.25) is 5.02 Å². The van der Waals surface area contributed by atoms with Crippen molar-refractivity contribution in [2.45, 2.75) is 32.7 Å². The molecule has 1 saturated carbocycles. The van der Waals surface area contributed by atoms with E-state index in [1.807, 2.05) is 0 Å². The molecule has 1 aromatic carbocycles. The van der Waals surface area contributed by atoms with Gasteiger partial charge in [0.2, 0.25) is 0 Å². The van der Waals surface area contributed by atoms with E-state index in [0.29, 0.717) is 22.6 Å². The Morgan fingerprint density at radius 3 is 2.74 bits per heavy atom. The van der Waals surface area contributed by atoms with E-state index in [0.717, 1.165) is 17.5 Å². The summed E-state index contributed by atoms with van der Waals surface area (Å²) in [5, 5.41) is 0.128. The number of hydrogen-bond acceptors (Lipinski definition) is 1. The maximum absolute atomic E-state index is 13.7. The van der Waals surface area contributed by atoms with Crippen molar-refractivity contribution in [1.29, 1.82) is 0 Å². The summed E-state index contributed by atoms with van der Waals surface area (Å²) in [6.07, 6.45) is 2.28. The molecule has 1 N–H and O–H groups in total. The lowest BCUT2D eigenvalue weighted by atomic mass is 9.97. The number of imidazole rings is 1. The van der Waals surface area contributed by atoms with Gasteiger partial charge in [-0.05, 0) is 43.0 Å². The predicted octanol–water partition coefficient (Wildman–Crippen LogP) is 5.10. The molecule has 3 atom stereocenters. The highest BCUT2D eigenvalue weighted by atomic mass is 35.5. The first-order valence-corrected chi connectivity index (χ1v) is 7.37. The van der Waals surface area contributed by atoms with Crippen LogP contribution >= 0.6 is 23.8 Å². The lowest BCUT2D eigenvalue weighted by Gasteiger charge is -2.20. The van der Waals surface area contributed by atoms with Crippen molar-refractivity contribution in [2.24, 2.45) is 11.8 Å². The normalized spacial score (nSPS) is 27.3.